The summed E-state index contributed by atoms with van der Waals surface area (Å²) in [6.45, 7) is 6.36. The molecular weight excluding hydrogens is 274 g/mol. The lowest BCUT2D eigenvalue weighted by Gasteiger charge is -2.16. The van der Waals surface area contributed by atoms with Crippen molar-refractivity contribution in [2.24, 2.45) is 5.73 Å². The van der Waals surface area contributed by atoms with E-state index in [0.29, 0.717) is 0 Å². The molecule has 3 rings (SSSR count). The lowest BCUT2D eigenvalue weighted by atomic mass is 9.88. The monoisotopic (exact) mass is 295 g/mol. The van der Waals surface area contributed by atoms with Crippen LogP contribution in [-0.4, -0.2) is 5.11 Å². The van der Waals surface area contributed by atoms with Gasteiger partial charge in [-0.2, -0.15) is 0 Å². The Morgan fingerprint density at radius 3 is 2.59 bits per heavy atom. The Morgan fingerprint density at radius 1 is 1.14 bits per heavy atom. The highest BCUT2D eigenvalue weighted by Gasteiger charge is 2.22. The Kier molecular flexibility index (Phi) is 3.53. The van der Waals surface area contributed by atoms with Gasteiger partial charge < -0.3 is 10.8 Å². The molecular formula is C19H21NO2. The fourth-order valence-corrected chi connectivity index (χ4v) is 3.37. The minimum atomic E-state index is -0.373. The Morgan fingerprint density at radius 2 is 1.86 bits per heavy atom. The molecule has 0 amide bonds. The number of aromatic hydroxyl groups is 1. The highest BCUT2D eigenvalue weighted by molar-refractivity contribution is 5.77. The lowest BCUT2D eigenvalue weighted by molar-refractivity contribution is 0.471. The molecule has 0 spiro atoms. The minimum Gasteiger partial charge on any atom is -0.504 e. The van der Waals surface area contributed by atoms with E-state index < -0.39 is 0 Å². The molecule has 1 aliphatic carbocycles. The van der Waals surface area contributed by atoms with Crippen molar-refractivity contribution in [3.63, 3.8) is 0 Å². The maximum atomic E-state index is 12.0. The zero-order valence-electron chi connectivity index (χ0n) is 13.2. The third-order valence-corrected chi connectivity index (χ3v) is 4.89. The van der Waals surface area contributed by atoms with E-state index in [4.69, 9.17) is 5.73 Å². The molecule has 1 unspecified atom stereocenters. The van der Waals surface area contributed by atoms with Gasteiger partial charge in [-0.15, -0.1) is 0 Å². The first-order valence-corrected chi connectivity index (χ1v) is 7.63. The number of rotatable bonds is 0. The predicted molar refractivity (Wildman–Crippen MR) is 89.3 cm³/mol. The van der Waals surface area contributed by atoms with Crippen LogP contribution in [-0.2, 0) is 6.42 Å². The summed E-state index contributed by atoms with van der Waals surface area (Å²) in [6, 6.07) is 6.85. The van der Waals surface area contributed by atoms with Gasteiger partial charge in [0.1, 0.15) is 0 Å². The minimum absolute atomic E-state index is 0.193. The molecule has 114 valence electrons. The highest BCUT2D eigenvalue weighted by atomic mass is 16.3. The van der Waals surface area contributed by atoms with Gasteiger partial charge in [-0.25, -0.2) is 0 Å². The highest BCUT2D eigenvalue weighted by Crippen LogP contribution is 2.39. The molecule has 0 bridgehead atoms. The van der Waals surface area contributed by atoms with Crippen molar-refractivity contribution in [2.45, 2.75) is 39.7 Å². The molecule has 0 aromatic heterocycles. The van der Waals surface area contributed by atoms with Crippen molar-refractivity contribution < 1.29 is 5.11 Å². The molecule has 2 aromatic rings. The van der Waals surface area contributed by atoms with Gasteiger partial charge in [0.25, 0.3) is 0 Å². The Balaban J connectivity index is 2.45. The second-order valence-corrected chi connectivity index (χ2v) is 6.22. The molecule has 3 N–H and O–H groups in total. The van der Waals surface area contributed by atoms with Gasteiger partial charge in [-0.05, 0) is 84.7 Å². The first-order valence-electron chi connectivity index (χ1n) is 7.63. The SMILES string of the molecule is Cc1cc2c(c(C)c1C)-c1ccc(O)c(=O)cc1C(N)CC2. The summed E-state index contributed by atoms with van der Waals surface area (Å²) in [6.07, 6.45) is 1.70. The summed E-state index contributed by atoms with van der Waals surface area (Å²) in [5, 5.41) is 9.76. The van der Waals surface area contributed by atoms with Gasteiger partial charge in [0.2, 0.25) is 5.43 Å². The quantitative estimate of drug-likeness (QED) is 0.784. The number of hydrogen-bond acceptors (Lipinski definition) is 3. The van der Waals surface area contributed by atoms with E-state index in [1.165, 1.54) is 39.9 Å². The smallest absolute Gasteiger partial charge is 0.220 e. The van der Waals surface area contributed by atoms with Crippen LogP contribution >= 0.6 is 0 Å². The van der Waals surface area contributed by atoms with Gasteiger partial charge in [0, 0.05) is 6.04 Å². The van der Waals surface area contributed by atoms with Crippen LogP contribution in [0, 0.1) is 20.8 Å². The largest absolute Gasteiger partial charge is 0.504 e. The van der Waals surface area contributed by atoms with E-state index in [2.05, 4.69) is 26.8 Å². The summed E-state index contributed by atoms with van der Waals surface area (Å²) in [4.78, 5) is 12.0. The fourth-order valence-electron chi connectivity index (χ4n) is 3.37. The van der Waals surface area contributed by atoms with Gasteiger partial charge in [-0.3, -0.25) is 4.79 Å². The van der Waals surface area contributed by atoms with E-state index in [0.717, 1.165) is 24.0 Å². The van der Waals surface area contributed by atoms with Crippen molar-refractivity contribution in [1.82, 2.24) is 0 Å². The standard InChI is InChI=1S/C19H21NO2/c1-10-8-13-4-6-16(20)15-9-18(22)17(21)7-5-14(15)19(13)12(3)11(10)2/h5,7-9,16H,4,6,20H2,1-3H3,(H,21,22). The third kappa shape index (κ3) is 2.22. The number of fused-ring (bicyclic) bond motifs is 3. The molecule has 0 fully saturated rings. The van der Waals surface area contributed by atoms with Crippen molar-refractivity contribution in [3.05, 3.63) is 62.3 Å². The van der Waals surface area contributed by atoms with Gasteiger partial charge in [-0.1, -0.05) is 12.1 Å². The molecule has 1 aliphatic rings. The van der Waals surface area contributed by atoms with Crippen LogP contribution in [0.2, 0.25) is 0 Å². The molecule has 0 saturated heterocycles. The van der Waals surface area contributed by atoms with E-state index >= 15 is 0 Å². The van der Waals surface area contributed by atoms with Crippen molar-refractivity contribution in [1.29, 1.82) is 0 Å². The van der Waals surface area contributed by atoms with Crippen LogP contribution in [0.3, 0.4) is 0 Å². The summed E-state index contributed by atoms with van der Waals surface area (Å²) in [5.74, 6) is -0.233. The second kappa shape index (κ2) is 5.25. The van der Waals surface area contributed by atoms with Crippen LogP contribution in [0.25, 0.3) is 11.1 Å². The Hall–Kier alpha value is -2.13. The molecule has 3 nitrogen and oxygen atoms in total. The van der Waals surface area contributed by atoms with E-state index in [1.807, 2.05) is 6.07 Å². The molecule has 1 atom stereocenters. The second-order valence-electron chi connectivity index (χ2n) is 6.22. The van der Waals surface area contributed by atoms with Gasteiger partial charge in [0.15, 0.2) is 5.75 Å². The average molecular weight is 295 g/mol. The molecule has 3 heteroatoms. The van der Waals surface area contributed by atoms with E-state index in [9.17, 15) is 9.90 Å². The van der Waals surface area contributed by atoms with Gasteiger partial charge >= 0.3 is 0 Å². The van der Waals surface area contributed by atoms with Crippen LogP contribution < -0.4 is 11.2 Å². The number of hydrogen-bond donors (Lipinski definition) is 2. The maximum absolute atomic E-state index is 12.0. The topological polar surface area (TPSA) is 63.3 Å². The average Bonchev–Trinajstić information content (AvgIpc) is 2.70. The molecule has 0 heterocycles. The fraction of sp³-hybridized carbons (Fsp3) is 0.316. The van der Waals surface area contributed by atoms with Crippen molar-refractivity contribution in [3.8, 4) is 16.9 Å². The number of aryl methyl sites for hydroxylation is 2. The van der Waals surface area contributed by atoms with Crippen LogP contribution in [0.15, 0.2) is 29.1 Å². The summed E-state index contributed by atoms with van der Waals surface area (Å²) < 4.78 is 0. The summed E-state index contributed by atoms with van der Waals surface area (Å²) in [7, 11) is 0. The Labute approximate surface area is 130 Å². The molecule has 2 aromatic carbocycles. The van der Waals surface area contributed by atoms with Crippen LogP contribution in [0.5, 0.6) is 5.75 Å². The maximum Gasteiger partial charge on any atom is 0.220 e. The molecule has 0 aliphatic heterocycles. The molecule has 22 heavy (non-hydrogen) atoms. The Bertz CT molecular complexity index is 825. The van der Waals surface area contributed by atoms with Gasteiger partial charge in [0.05, 0.1) is 0 Å². The molecule has 0 radical (unpaired) electrons. The zero-order chi connectivity index (χ0) is 16.0. The lowest BCUT2D eigenvalue weighted by Crippen LogP contribution is -2.11. The normalized spacial score (nSPS) is 16.6. The summed E-state index contributed by atoms with van der Waals surface area (Å²) in [5.41, 5.74) is 13.9. The predicted octanol–water partition coefficient (Wildman–Crippen LogP) is 3.29. The first-order chi connectivity index (χ1) is 10.4. The van der Waals surface area contributed by atoms with Crippen molar-refractivity contribution in [2.75, 3.05) is 0 Å². The van der Waals surface area contributed by atoms with E-state index in [1.54, 1.807) is 0 Å². The number of benzene rings is 1. The van der Waals surface area contributed by atoms with Crippen LogP contribution in [0.1, 0.15) is 40.3 Å². The van der Waals surface area contributed by atoms with Crippen LogP contribution in [0.4, 0.5) is 0 Å². The third-order valence-electron chi connectivity index (χ3n) is 4.89. The number of nitrogens with two attached hydrogens (primary N) is 1. The first kappa shape index (κ1) is 14.8. The van der Waals surface area contributed by atoms with Crippen molar-refractivity contribution >= 4 is 0 Å². The summed E-state index contributed by atoms with van der Waals surface area (Å²) >= 11 is 0. The van der Waals surface area contributed by atoms with E-state index in [-0.39, 0.29) is 17.2 Å². The molecule has 0 saturated carbocycles. The zero-order valence-corrected chi connectivity index (χ0v) is 13.2.